The van der Waals surface area contributed by atoms with E-state index in [0.29, 0.717) is 84.0 Å². The van der Waals surface area contributed by atoms with Crippen LogP contribution in [0.5, 0.6) is 0 Å². The number of halogens is 2. The second kappa shape index (κ2) is 29.1. The van der Waals surface area contributed by atoms with Crippen molar-refractivity contribution in [3.8, 4) is 0 Å². The number of aromatic nitrogens is 6. The molecule has 0 radical (unpaired) electrons. The van der Waals surface area contributed by atoms with Crippen molar-refractivity contribution in [3.05, 3.63) is 108 Å². The van der Waals surface area contributed by atoms with E-state index in [9.17, 15) is 38.4 Å². The fraction of sp³-hybridized carbons (Fsp3) is 0.346. The Labute approximate surface area is 473 Å². The van der Waals surface area contributed by atoms with Crippen molar-refractivity contribution >= 4 is 93.1 Å². The molecule has 0 saturated heterocycles. The molecule has 26 nitrogen and oxygen atoms in total. The van der Waals surface area contributed by atoms with Crippen molar-refractivity contribution in [1.82, 2.24) is 38.0 Å². The minimum atomic E-state index is -0.457. The third-order valence-corrected chi connectivity index (χ3v) is 12.5. The third-order valence-electron chi connectivity index (χ3n) is 12.5. The van der Waals surface area contributed by atoms with Crippen LogP contribution < -0.4 is 89.6 Å². The van der Waals surface area contributed by atoms with Crippen LogP contribution in [0.4, 0.5) is 34.1 Å². The predicted octanol–water partition coefficient (Wildman–Crippen LogP) is -5.09. The van der Waals surface area contributed by atoms with Crippen LogP contribution >= 0.6 is 0 Å². The SMILES string of the molecule is Cn1cc(NC(=O)c2cc(NC(=O)c3cc(NC(=O)CCCCCCCCC(=O)Nc4cc(C(=O)Nc5cc(C(=O)Nc6cc(C(=O)NCCC(N)=[NH2+])n(C)c6)n(C)c5)n(C)c4)cn3C)cn2C)cc1C(=O)NCCC(N)=[NH2+].[Cl-].[Cl-]. The van der Waals surface area contributed by atoms with Gasteiger partial charge >= 0.3 is 0 Å². The zero-order valence-electron chi connectivity index (χ0n) is 45.4. The van der Waals surface area contributed by atoms with E-state index in [1.165, 1.54) is 12.1 Å². The van der Waals surface area contributed by atoms with E-state index in [4.69, 9.17) is 22.3 Å². The Balaban J connectivity index is 0.00000689. The van der Waals surface area contributed by atoms with Crippen molar-refractivity contribution in [2.45, 2.75) is 64.2 Å². The Kier molecular flexibility index (Phi) is 23.1. The Hall–Kier alpha value is -9.04. The number of amides is 8. The molecule has 8 amide bonds. The number of unbranched alkanes of at least 4 members (excludes halogenated alkanes) is 5. The number of nitrogens with one attached hydrogen (secondary N) is 8. The number of nitrogens with two attached hydrogens (primary N) is 4. The molecule has 6 aromatic rings. The zero-order chi connectivity index (χ0) is 56.8. The molecule has 0 aliphatic rings. The Morgan fingerprint density at radius 1 is 0.350 bits per heavy atom. The van der Waals surface area contributed by atoms with E-state index in [0.717, 1.165) is 25.7 Å². The zero-order valence-corrected chi connectivity index (χ0v) is 46.9. The molecular formula is C52H70Cl2N18O8. The van der Waals surface area contributed by atoms with Gasteiger partial charge in [-0.1, -0.05) is 25.7 Å². The summed E-state index contributed by atoms with van der Waals surface area (Å²) >= 11 is 0. The molecule has 0 aliphatic heterocycles. The molecule has 0 bridgehead atoms. The molecule has 6 heterocycles. The fourth-order valence-electron chi connectivity index (χ4n) is 8.48. The average molecular weight is 1150 g/mol. The largest absolute Gasteiger partial charge is 1.00 e. The van der Waals surface area contributed by atoms with Gasteiger partial charge in [0, 0.05) is 105 Å². The van der Waals surface area contributed by atoms with Gasteiger partial charge in [-0.25, -0.2) is 0 Å². The summed E-state index contributed by atoms with van der Waals surface area (Å²) in [4.78, 5) is 104. The van der Waals surface area contributed by atoms with Crippen molar-refractivity contribution < 1.29 is 74.0 Å². The summed E-state index contributed by atoms with van der Waals surface area (Å²) in [6.07, 6.45) is 15.7. The first-order valence-corrected chi connectivity index (χ1v) is 25.2. The molecule has 28 heteroatoms. The first kappa shape index (κ1) is 63.5. The molecule has 0 fully saturated rings. The van der Waals surface area contributed by atoms with Gasteiger partial charge in [-0.05, 0) is 49.2 Å². The van der Waals surface area contributed by atoms with Crippen LogP contribution in [0.3, 0.4) is 0 Å². The lowest BCUT2D eigenvalue weighted by molar-refractivity contribution is -0.118. The summed E-state index contributed by atoms with van der Waals surface area (Å²) in [5.41, 5.74) is 15.1. The maximum absolute atomic E-state index is 13.3. The predicted molar refractivity (Wildman–Crippen MR) is 295 cm³/mol. The summed E-state index contributed by atoms with van der Waals surface area (Å²) in [6, 6.07) is 9.29. The molecule has 16 N–H and O–H groups in total. The number of hydrogen-bond acceptors (Lipinski definition) is 8. The molecule has 0 atom stereocenters. The molecule has 0 unspecified atom stereocenters. The monoisotopic (exact) mass is 1140 g/mol. The number of rotatable bonds is 27. The van der Waals surface area contributed by atoms with Gasteiger partial charge in [-0.3, -0.25) is 60.6 Å². The van der Waals surface area contributed by atoms with E-state index in [-0.39, 0.29) is 96.0 Å². The normalized spacial score (nSPS) is 10.6. The highest BCUT2D eigenvalue weighted by molar-refractivity contribution is 6.09. The van der Waals surface area contributed by atoms with Crippen LogP contribution in [0.25, 0.3) is 0 Å². The summed E-state index contributed by atoms with van der Waals surface area (Å²) in [5, 5.41) is 33.3. The summed E-state index contributed by atoms with van der Waals surface area (Å²) in [7, 11) is 10.0. The maximum atomic E-state index is 13.3. The van der Waals surface area contributed by atoms with Gasteiger partial charge in [-0.15, -0.1) is 0 Å². The molecule has 0 aliphatic carbocycles. The van der Waals surface area contributed by atoms with Crippen LogP contribution in [0, 0.1) is 0 Å². The summed E-state index contributed by atoms with van der Waals surface area (Å²) < 4.78 is 9.47. The number of aryl methyl sites for hydroxylation is 6. The lowest BCUT2D eigenvalue weighted by atomic mass is 10.1. The van der Waals surface area contributed by atoms with Crippen LogP contribution in [0.15, 0.2) is 73.6 Å². The van der Waals surface area contributed by atoms with Gasteiger partial charge in [0.15, 0.2) is 0 Å². The first-order chi connectivity index (χ1) is 37.0. The molecule has 6 rings (SSSR count). The van der Waals surface area contributed by atoms with Crippen molar-refractivity contribution in [1.29, 1.82) is 0 Å². The van der Waals surface area contributed by atoms with Gasteiger partial charge in [0.25, 0.3) is 35.4 Å². The molecule has 0 spiro atoms. The number of carbonyl (C=O) groups is 8. The molecular weight excluding hydrogens is 1080 g/mol. The van der Waals surface area contributed by atoms with Gasteiger partial charge in [0.1, 0.15) is 34.2 Å². The van der Waals surface area contributed by atoms with E-state index in [2.05, 4.69) is 42.5 Å². The van der Waals surface area contributed by atoms with Crippen molar-refractivity contribution in [3.63, 3.8) is 0 Å². The minimum absolute atomic E-state index is 0. The molecule has 430 valence electrons. The van der Waals surface area contributed by atoms with E-state index >= 15 is 0 Å². The van der Waals surface area contributed by atoms with E-state index in [1.807, 2.05) is 0 Å². The number of amidine groups is 2. The molecule has 6 aromatic heterocycles. The lowest BCUT2D eigenvalue weighted by Crippen LogP contribution is -3.00. The summed E-state index contributed by atoms with van der Waals surface area (Å²) in [5.74, 6) is -2.47. The van der Waals surface area contributed by atoms with Crippen LogP contribution in [0.2, 0.25) is 0 Å². The number of anilines is 6. The van der Waals surface area contributed by atoms with Crippen molar-refractivity contribution in [2.75, 3.05) is 45.0 Å². The quantitative estimate of drug-likeness (QED) is 0.0132. The standard InChI is InChI=1S/C52H68N18O8.2ClH/c1-65-27-33(21-37(65)47(73)57-17-15-43(53)54)61-51(77)41-23-35(29-69(41)5)63-49(75)39-19-31(25-67(39)3)59-45(71)13-11-9-7-8-10-12-14-46(72)60-32-20-40(68(4)26-32)50(76)64-36-24-42(70(6)30-36)52(78)62-34-22-38(66(2)28-34)48(74)58-18-16-44(55)56;;/h19-30H,7-18H2,1-6H3,(H3,53,54)(H3,55,56)(H,57,73)(H,58,74)(H,59,71)(H,60,72)(H,61,77)(H,62,78)(H,63,75)(H,64,76);2*1H. The second-order valence-electron chi connectivity index (χ2n) is 19.0. The van der Waals surface area contributed by atoms with Crippen LogP contribution in [-0.4, -0.2) is 99.4 Å². The van der Waals surface area contributed by atoms with E-state index in [1.54, 1.807) is 131 Å². The highest BCUT2D eigenvalue weighted by atomic mass is 35.5. The molecule has 0 saturated carbocycles. The Morgan fingerprint density at radius 2 is 0.562 bits per heavy atom. The maximum Gasteiger partial charge on any atom is 0.272 e. The summed E-state index contributed by atoms with van der Waals surface area (Å²) in [6.45, 7) is 0.530. The molecule has 0 aromatic carbocycles. The van der Waals surface area contributed by atoms with Crippen LogP contribution in [0.1, 0.15) is 127 Å². The first-order valence-electron chi connectivity index (χ1n) is 25.2. The third kappa shape index (κ3) is 17.7. The Bertz CT molecular complexity index is 3050. The van der Waals surface area contributed by atoms with E-state index < -0.39 is 23.6 Å². The number of nitrogens with zero attached hydrogens (tertiary/aromatic N) is 6. The number of carbonyl (C=O) groups excluding carboxylic acids is 8. The highest BCUT2D eigenvalue weighted by Crippen LogP contribution is 2.23. The minimum Gasteiger partial charge on any atom is -1.00 e. The van der Waals surface area contributed by atoms with Gasteiger partial charge < -0.3 is 94.8 Å². The van der Waals surface area contributed by atoms with Gasteiger partial charge in [-0.2, -0.15) is 0 Å². The van der Waals surface area contributed by atoms with Gasteiger partial charge in [0.2, 0.25) is 23.5 Å². The number of hydrogen-bond donors (Lipinski definition) is 12. The highest BCUT2D eigenvalue weighted by Gasteiger charge is 2.22. The second-order valence-corrected chi connectivity index (χ2v) is 19.0. The van der Waals surface area contributed by atoms with Crippen molar-refractivity contribution in [2.24, 2.45) is 53.8 Å². The molecule has 80 heavy (non-hydrogen) atoms. The smallest absolute Gasteiger partial charge is 0.272 e. The topological polar surface area (TPSA) is 366 Å². The average Bonchev–Trinajstić information content (AvgIpc) is 4.23. The fourth-order valence-corrected chi connectivity index (χ4v) is 8.48. The van der Waals surface area contributed by atoms with Crippen LogP contribution in [-0.2, 0) is 51.9 Å². The van der Waals surface area contributed by atoms with Gasteiger partial charge in [0.05, 0.1) is 47.0 Å². The Morgan fingerprint density at radius 3 is 0.800 bits per heavy atom. The lowest BCUT2D eigenvalue weighted by Gasteiger charge is -2.04.